The largest absolute Gasteiger partial charge is 0.507 e. The minimum Gasteiger partial charge on any atom is -0.507 e. The molecule has 200 valence electrons. The highest BCUT2D eigenvalue weighted by Gasteiger charge is 2.48. The van der Waals surface area contributed by atoms with Gasteiger partial charge in [-0.2, -0.15) is 0 Å². The number of imidazole rings is 1. The second kappa shape index (κ2) is 9.83. The number of ether oxygens (including phenoxy) is 2. The number of H-pyrrole nitrogens is 1. The number of hydrogen-bond acceptors (Lipinski definition) is 7. The molecule has 9 nitrogen and oxygen atoms in total. The van der Waals surface area contributed by atoms with Crippen LogP contribution in [0.2, 0.25) is 0 Å². The van der Waals surface area contributed by atoms with Crippen molar-refractivity contribution in [1.82, 2.24) is 9.97 Å². The van der Waals surface area contributed by atoms with E-state index in [2.05, 4.69) is 9.97 Å². The zero-order valence-corrected chi connectivity index (χ0v) is 22.7. The first-order chi connectivity index (χ1) is 18.6. The molecule has 4 aromatic rings. The van der Waals surface area contributed by atoms with Gasteiger partial charge in [-0.15, -0.1) is 0 Å². The molecule has 39 heavy (non-hydrogen) atoms. The maximum atomic E-state index is 13.6. The highest BCUT2D eigenvalue weighted by Crippen LogP contribution is 2.44. The number of nitrogens with zero attached hydrogens (tertiary/aromatic N) is 3. The summed E-state index contributed by atoms with van der Waals surface area (Å²) in [4.78, 5) is 38.3. The van der Waals surface area contributed by atoms with Gasteiger partial charge >= 0.3 is 5.91 Å². The molecule has 9 heteroatoms. The number of benzene rings is 3. The number of hydrogen-bond donors (Lipinski definition) is 2. The summed E-state index contributed by atoms with van der Waals surface area (Å²) in [7, 11) is 6.93. The zero-order chi connectivity index (χ0) is 28.0. The predicted molar refractivity (Wildman–Crippen MR) is 151 cm³/mol. The van der Waals surface area contributed by atoms with Crippen LogP contribution in [0.15, 0.2) is 60.2 Å². The zero-order valence-electron chi connectivity index (χ0n) is 22.7. The first-order valence-corrected chi connectivity index (χ1v) is 12.4. The Hall–Kier alpha value is -4.79. The lowest BCUT2D eigenvalue weighted by Crippen LogP contribution is -2.30. The Labute approximate surface area is 226 Å². The quantitative estimate of drug-likeness (QED) is 0.209. The normalized spacial score (nSPS) is 16.7. The fourth-order valence-electron chi connectivity index (χ4n) is 5.08. The van der Waals surface area contributed by atoms with Crippen LogP contribution in [-0.4, -0.2) is 55.1 Å². The van der Waals surface area contributed by atoms with Gasteiger partial charge in [0.25, 0.3) is 5.78 Å². The molecule has 0 saturated carbocycles. The molecular formula is C30H30N4O5. The molecule has 1 saturated heterocycles. The van der Waals surface area contributed by atoms with E-state index >= 15 is 0 Å². The number of rotatable bonds is 6. The number of methoxy groups -OCH3 is 2. The second-order valence-electron chi connectivity index (χ2n) is 9.76. The van der Waals surface area contributed by atoms with Crippen molar-refractivity contribution < 1.29 is 24.2 Å². The Bertz CT molecular complexity index is 1640. The average molecular weight is 527 g/mol. The molecular weight excluding hydrogens is 496 g/mol. The smallest absolute Gasteiger partial charge is 0.302 e. The third-order valence-electron chi connectivity index (χ3n) is 6.95. The van der Waals surface area contributed by atoms with Gasteiger partial charge in [0.05, 0.1) is 42.4 Å². The van der Waals surface area contributed by atoms with Crippen LogP contribution in [0.1, 0.15) is 28.3 Å². The monoisotopic (exact) mass is 526 g/mol. The van der Waals surface area contributed by atoms with Gasteiger partial charge in [-0.1, -0.05) is 18.2 Å². The summed E-state index contributed by atoms with van der Waals surface area (Å²) >= 11 is 0. The van der Waals surface area contributed by atoms with Crippen LogP contribution in [0.3, 0.4) is 0 Å². The minimum atomic E-state index is -0.936. The Morgan fingerprint density at radius 3 is 2.36 bits per heavy atom. The number of aromatic amines is 1. The fraction of sp³-hybridized carbons (Fsp3) is 0.233. The van der Waals surface area contributed by atoms with Crippen molar-refractivity contribution in [2.24, 2.45) is 0 Å². The minimum absolute atomic E-state index is 0.0426. The molecule has 1 atom stereocenters. The molecule has 5 rings (SSSR count). The second-order valence-corrected chi connectivity index (χ2v) is 9.76. The number of nitrogens with one attached hydrogen (secondary N) is 1. The lowest BCUT2D eigenvalue weighted by molar-refractivity contribution is -0.132. The summed E-state index contributed by atoms with van der Waals surface area (Å²) in [6.07, 6.45) is 0. The van der Waals surface area contributed by atoms with Crippen LogP contribution in [0.4, 0.5) is 11.6 Å². The summed E-state index contributed by atoms with van der Waals surface area (Å²) < 4.78 is 10.9. The van der Waals surface area contributed by atoms with Gasteiger partial charge in [0.2, 0.25) is 5.95 Å². The van der Waals surface area contributed by atoms with Gasteiger partial charge in [0.15, 0.2) is 0 Å². The molecule has 1 aromatic heterocycles. The SMILES string of the molecule is COc1ccc2nc(N3C(=O)C(=O)/C(=C(/O)c4cc(C)cc(C)c4OC)C3c3ccc(N(C)C)cc3)[nH]c2c1. The van der Waals surface area contributed by atoms with E-state index in [0.717, 1.165) is 16.8 Å². The van der Waals surface area contributed by atoms with E-state index in [1.807, 2.05) is 63.2 Å². The molecule has 0 bridgehead atoms. The summed E-state index contributed by atoms with van der Waals surface area (Å²) in [5.41, 5.74) is 4.81. The molecule has 0 spiro atoms. The van der Waals surface area contributed by atoms with Gasteiger partial charge in [-0.05, 0) is 60.9 Å². The van der Waals surface area contributed by atoms with Gasteiger partial charge in [0.1, 0.15) is 17.3 Å². The van der Waals surface area contributed by atoms with E-state index in [-0.39, 0.29) is 17.3 Å². The van der Waals surface area contributed by atoms with Crippen LogP contribution in [0, 0.1) is 13.8 Å². The fourth-order valence-corrected chi connectivity index (χ4v) is 5.08. The highest BCUT2D eigenvalue weighted by atomic mass is 16.5. The van der Waals surface area contributed by atoms with E-state index in [0.29, 0.717) is 33.7 Å². The maximum absolute atomic E-state index is 13.6. The molecule has 0 aliphatic carbocycles. The lowest BCUT2D eigenvalue weighted by Gasteiger charge is -2.24. The third kappa shape index (κ3) is 4.35. The van der Waals surface area contributed by atoms with E-state index in [1.165, 1.54) is 12.0 Å². The number of Topliss-reactive ketones (excluding diaryl/α,β-unsaturated/α-hetero) is 1. The molecule has 2 N–H and O–H groups in total. The molecule has 1 amide bonds. The van der Waals surface area contributed by atoms with Crippen molar-refractivity contribution in [3.63, 3.8) is 0 Å². The van der Waals surface area contributed by atoms with E-state index in [1.54, 1.807) is 31.4 Å². The number of anilines is 2. The van der Waals surface area contributed by atoms with Crippen molar-refractivity contribution in [2.75, 3.05) is 38.1 Å². The first-order valence-electron chi connectivity index (χ1n) is 12.4. The molecule has 1 unspecified atom stereocenters. The predicted octanol–water partition coefficient (Wildman–Crippen LogP) is 4.89. The summed E-state index contributed by atoms with van der Waals surface area (Å²) in [5, 5.41) is 11.7. The van der Waals surface area contributed by atoms with Gasteiger partial charge in [-0.3, -0.25) is 14.5 Å². The van der Waals surface area contributed by atoms with Gasteiger partial charge < -0.3 is 24.5 Å². The van der Waals surface area contributed by atoms with E-state index in [4.69, 9.17) is 9.47 Å². The Kier molecular flexibility index (Phi) is 6.51. The van der Waals surface area contributed by atoms with Crippen molar-refractivity contribution in [1.29, 1.82) is 0 Å². The first kappa shape index (κ1) is 25.8. The molecule has 3 aromatic carbocycles. The Balaban J connectivity index is 1.75. The number of aromatic nitrogens is 2. The average Bonchev–Trinajstić information content (AvgIpc) is 3.45. The molecule has 1 aliphatic rings. The summed E-state index contributed by atoms with van der Waals surface area (Å²) in [6, 6.07) is 15.5. The van der Waals surface area contributed by atoms with E-state index in [9.17, 15) is 14.7 Å². The van der Waals surface area contributed by atoms with Gasteiger partial charge in [-0.25, -0.2) is 4.98 Å². The number of amides is 1. The number of aliphatic hydroxyl groups excluding tert-OH is 1. The van der Waals surface area contributed by atoms with Crippen molar-refractivity contribution in [3.8, 4) is 11.5 Å². The Morgan fingerprint density at radius 1 is 1.00 bits per heavy atom. The molecule has 2 heterocycles. The van der Waals surface area contributed by atoms with Crippen LogP contribution in [-0.2, 0) is 9.59 Å². The third-order valence-corrected chi connectivity index (χ3v) is 6.95. The van der Waals surface area contributed by atoms with Crippen LogP contribution in [0.25, 0.3) is 16.8 Å². The topological polar surface area (TPSA) is 108 Å². The van der Waals surface area contributed by atoms with Crippen LogP contribution in [0.5, 0.6) is 11.5 Å². The Morgan fingerprint density at radius 2 is 1.72 bits per heavy atom. The number of fused-ring (bicyclic) bond motifs is 1. The summed E-state index contributed by atoms with van der Waals surface area (Å²) in [6.45, 7) is 3.75. The maximum Gasteiger partial charge on any atom is 0.302 e. The van der Waals surface area contributed by atoms with Crippen molar-refractivity contribution in [3.05, 3.63) is 82.4 Å². The number of aliphatic hydroxyl groups is 1. The molecule has 1 aliphatic heterocycles. The number of carbonyl (C=O) groups is 2. The number of aryl methyl sites for hydroxylation is 2. The summed E-state index contributed by atoms with van der Waals surface area (Å²) in [5.74, 6) is -0.673. The van der Waals surface area contributed by atoms with Crippen molar-refractivity contribution >= 4 is 40.1 Å². The number of ketones is 1. The lowest BCUT2D eigenvalue weighted by atomic mass is 9.93. The highest BCUT2D eigenvalue weighted by molar-refractivity contribution is 6.51. The standard InChI is InChI=1S/C30H30N4O5/c1-16-13-17(2)28(39-6)21(14-16)26(35)24-25(18-7-9-19(10-8-18)33(3)4)34(29(37)27(24)36)30-31-22-12-11-20(38-5)15-23(22)32-30/h7-15,25,35H,1-6H3,(H,31,32)/b26-24+. The van der Waals surface area contributed by atoms with Crippen molar-refractivity contribution in [2.45, 2.75) is 19.9 Å². The molecule has 0 radical (unpaired) electrons. The van der Waals surface area contributed by atoms with Gasteiger partial charge in [0, 0.05) is 25.8 Å². The van der Waals surface area contributed by atoms with Crippen LogP contribution >= 0.6 is 0 Å². The van der Waals surface area contributed by atoms with Crippen LogP contribution < -0.4 is 19.3 Å². The van der Waals surface area contributed by atoms with E-state index < -0.39 is 17.7 Å². The molecule has 1 fully saturated rings. The number of carbonyl (C=O) groups excluding carboxylic acids is 2.